The summed E-state index contributed by atoms with van der Waals surface area (Å²) in [6.07, 6.45) is 3.66. The number of benzene rings is 1. The van der Waals surface area contributed by atoms with Crippen LogP contribution in [0.3, 0.4) is 0 Å². The lowest BCUT2D eigenvalue weighted by Crippen LogP contribution is -2.68. The molecule has 0 spiro atoms. The first-order chi connectivity index (χ1) is 8.60. The first kappa shape index (κ1) is 13.3. The molecule has 0 N–H and O–H groups in total. The topological polar surface area (TPSA) is 46.6 Å². The molecule has 1 heterocycles. The van der Waals surface area contributed by atoms with Gasteiger partial charge in [-0.25, -0.2) is 0 Å². The number of thioether (sulfide) groups is 2. The summed E-state index contributed by atoms with van der Waals surface area (Å²) in [6, 6.07) is 7.11. The fourth-order valence-corrected chi connectivity index (χ4v) is 3.84. The zero-order chi connectivity index (χ0) is 13.3. The molecule has 6 heteroatoms. The summed E-state index contributed by atoms with van der Waals surface area (Å²) in [5.41, 5.74) is 0.712. The van der Waals surface area contributed by atoms with E-state index in [9.17, 15) is 9.59 Å². The molecule has 96 valence electrons. The van der Waals surface area contributed by atoms with E-state index < -0.39 is 10.1 Å². The van der Waals surface area contributed by atoms with Gasteiger partial charge < -0.3 is 4.74 Å². The Bertz CT molecular complexity index is 483. The third-order valence-electron chi connectivity index (χ3n) is 2.86. The molecule has 1 saturated heterocycles. The van der Waals surface area contributed by atoms with Crippen molar-refractivity contribution in [1.29, 1.82) is 0 Å². The van der Waals surface area contributed by atoms with E-state index in [1.807, 2.05) is 12.5 Å². The number of anilines is 1. The minimum Gasteiger partial charge on any atom is -0.497 e. The van der Waals surface area contributed by atoms with E-state index >= 15 is 0 Å². The van der Waals surface area contributed by atoms with Crippen LogP contribution in [0.5, 0.6) is 5.75 Å². The molecule has 2 rings (SSSR count). The van der Waals surface area contributed by atoms with Gasteiger partial charge in [0.1, 0.15) is 5.75 Å². The molecule has 0 saturated carbocycles. The van der Waals surface area contributed by atoms with Gasteiger partial charge in [-0.3, -0.25) is 14.5 Å². The fourth-order valence-electron chi connectivity index (χ4n) is 1.89. The van der Waals surface area contributed by atoms with Crippen LogP contribution in [0.25, 0.3) is 0 Å². The number of carbonyl (C=O) groups excluding carboxylic acids is 2. The Hall–Kier alpha value is -1.14. The quantitative estimate of drug-likeness (QED) is 0.480. The number of ether oxygens (including phenoxy) is 1. The van der Waals surface area contributed by atoms with Gasteiger partial charge in [0.25, 0.3) is 5.78 Å². The molecule has 0 aromatic heterocycles. The third-order valence-corrected chi connectivity index (χ3v) is 5.71. The van der Waals surface area contributed by atoms with Crippen molar-refractivity contribution in [2.45, 2.75) is 4.20 Å². The zero-order valence-electron chi connectivity index (χ0n) is 10.3. The average molecular weight is 283 g/mol. The first-order valence-electron chi connectivity index (χ1n) is 5.24. The molecule has 1 aliphatic rings. The van der Waals surface area contributed by atoms with E-state index in [-0.39, 0.29) is 5.78 Å². The SMILES string of the molecule is COc1ccc(N2C(=O)C(=O)C2(SC)SC)cc1. The number of hydrogen-bond acceptors (Lipinski definition) is 5. The van der Waals surface area contributed by atoms with Crippen molar-refractivity contribution in [3.63, 3.8) is 0 Å². The van der Waals surface area contributed by atoms with E-state index in [1.54, 1.807) is 31.4 Å². The molecule has 0 aliphatic carbocycles. The predicted octanol–water partition coefficient (Wildman–Crippen LogP) is 1.99. The van der Waals surface area contributed by atoms with Crippen LogP contribution in [0.15, 0.2) is 24.3 Å². The highest BCUT2D eigenvalue weighted by atomic mass is 32.2. The Kier molecular flexibility index (Phi) is 3.59. The third kappa shape index (κ3) is 1.71. The van der Waals surface area contributed by atoms with Gasteiger partial charge in [0.2, 0.25) is 4.20 Å². The number of hydrogen-bond donors (Lipinski definition) is 0. The maximum atomic E-state index is 11.8. The zero-order valence-corrected chi connectivity index (χ0v) is 11.9. The number of amides is 1. The van der Waals surface area contributed by atoms with E-state index in [0.717, 1.165) is 5.75 Å². The molecular weight excluding hydrogens is 270 g/mol. The predicted molar refractivity (Wildman–Crippen MR) is 75.2 cm³/mol. The molecule has 1 fully saturated rings. The van der Waals surface area contributed by atoms with Crippen molar-refractivity contribution in [3.05, 3.63) is 24.3 Å². The maximum Gasteiger partial charge on any atom is 0.301 e. The summed E-state index contributed by atoms with van der Waals surface area (Å²) < 4.78 is 4.26. The molecule has 1 aromatic rings. The smallest absolute Gasteiger partial charge is 0.301 e. The molecule has 1 aromatic carbocycles. The summed E-state index contributed by atoms with van der Waals surface area (Å²) in [7, 11) is 1.58. The first-order valence-corrected chi connectivity index (χ1v) is 7.69. The average Bonchev–Trinajstić information content (AvgIpc) is 2.43. The van der Waals surface area contributed by atoms with E-state index in [1.165, 1.54) is 28.4 Å². The van der Waals surface area contributed by atoms with Crippen molar-refractivity contribution in [2.75, 3.05) is 24.5 Å². The lowest BCUT2D eigenvalue weighted by atomic mass is 10.1. The molecule has 18 heavy (non-hydrogen) atoms. The van der Waals surface area contributed by atoms with Crippen LogP contribution in [0, 0.1) is 0 Å². The van der Waals surface area contributed by atoms with Gasteiger partial charge in [0.15, 0.2) is 0 Å². The Balaban J connectivity index is 2.36. The molecule has 0 radical (unpaired) electrons. The summed E-state index contributed by atoms with van der Waals surface area (Å²) in [4.78, 5) is 25.1. The highest BCUT2D eigenvalue weighted by molar-refractivity contribution is 8.19. The Morgan fingerprint density at radius 3 is 2.11 bits per heavy atom. The number of rotatable bonds is 4. The van der Waals surface area contributed by atoms with Crippen LogP contribution in [-0.2, 0) is 9.59 Å². The van der Waals surface area contributed by atoms with Crippen LogP contribution >= 0.6 is 23.5 Å². The number of β-lactam (4-membered cyclic amide) rings is 1. The van der Waals surface area contributed by atoms with Crippen molar-refractivity contribution in [2.24, 2.45) is 0 Å². The second-order valence-electron chi connectivity index (χ2n) is 3.66. The number of carbonyl (C=O) groups is 2. The van der Waals surface area contributed by atoms with Crippen LogP contribution in [-0.4, -0.2) is 35.5 Å². The Morgan fingerprint density at radius 1 is 1.11 bits per heavy atom. The minimum absolute atomic E-state index is 0.349. The van der Waals surface area contributed by atoms with Crippen molar-refractivity contribution in [3.8, 4) is 5.75 Å². The number of Topliss-reactive ketones (excluding diaryl/α,β-unsaturated/α-hetero) is 1. The highest BCUT2D eigenvalue weighted by Gasteiger charge is 2.60. The molecule has 1 aliphatic heterocycles. The second-order valence-corrected chi connectivity index (χ2v) is 5.91. The largest absolute Gasteiger partial charge is 0.497 e. The van der Waals surface area contributed by atoms with Crippen molar-refractivity contribution in [1.82, 2.24) is 0 Å². The van der Waals surface area contributed by atoms with E-state index in [2.05, 4.69) is 0 Å². The van der Waals surface area contributed by atoms with Crippen LogP contribution in [0.1, 0.15) is 0 Å². The van der Waals surface area contributed by atoms with Gasteiger partial charge in [-0.2, -0.15) is 0 Å². The van der Waals surface area contributed by atoms with Gasteiger partial charge in [0.05, 0.1) is 7.11 Å². The summed E-state index contributed by atoms with van der Waals surface area (Å²) in [6.45, 7) is 0. The minimum atomic E-state index is -0.814. The lowest BCUT2D eigenvalue weighted by Gasteiger charge is -2.47. The van der Waals surface area contributed by atoms with E-state index in [0.29, 0.717) is 5.69 Å². The van der Waals surface area contributed by atoms with Gasteiger partial charge >= 0.3 is 5.91 Å². The lowest BCUT2D eigenvalue weighted by molar-refractivity contribution is -0.142. The van der Waals surface area contributed by atoms with Crippen molar-refractivity contribution < 1.29 is 14.3 Å². The van der Waals surface area contributed by atoms with Crippen LogP contribution < -0.4 is 9.64 Å². The summed E-state index contributed by atoms with van der Waals surface area (Å²) >= 11 is 2.74. The molecule has 0 bridgehead atoms. The van der Waals surface area contributed by atoms with Crippen molar-refractivity contribution >= 4 is 40.9 Å². The highest BCUT2D eigenvalue weighted by Crippen LogP contribution is 2.48. The molecule has 4 nitrogen and oxygen atoms in total. The second kappa shape index (κ2) is 4.85. The fraction of sp³-hybridized carbons (Fsp3) is 0.333. The normalized spacial score (nSPS) is 17.6. The van der Waals surface area contributed by atoms with Gasteiger partial charge in [-0.15, -0.1) is 23.5 Å². The summed E-state index contributed by atoms with van der Waals surface area (Å²) in [5, 5.41) is 0. The van der Waals surface area contributed by atoms with Gasteiger partial charge in [-0.1, -0.05) is 0 Å². The standard InChI is InChI=1S/C12H13NO3S2/c1-16-9-6-4-8(5-7-9)13-11(15)10(14)12(13,17-2)18-3/h4-7H,1-3H3. The van der Waals surface area contributed by atoms with Crippen LogP contribution in [0.4, 0.5) is 5.69 Å². The molecule has 0 atom stereocenters. The van der Waals surface area contributed by atoms with Crippen LogP contribution in [0.2, 0.25) is 0 Å². The van der Waals surface area contributed by atoms with Gasteiger partial charge in [-0.05, 0) is 36.8 Å². The maximum absolute atomic E-state index is 11.8. The Morgan fingerprint density at radius 2 is 1.67 bits per heavy atom. The molecule has 1 amide bonds. The van der Waals surface area contributed by atoms with E-state index in [4.69, 9.17) is 4.74 Å². The molecule has 0 unspecified atom stereocenters. The Labute approximate surface area is 114 Å². The van der Waals surface area contributed by atoms with Gasteiger partial charge in [0, 0.05) is 5.69 Å². The molecular formula is C12H13NO3S2. The number of nitrogens with zero attached hydrogens (tertiary/aromatic N) is 1. The number of ketones is 1. The monoisotopic (exact) mass is 283 g/mol. The summed E-state index contributed by atoms with van der Waals surface area (Å²) in [5.74, 6) is -0.0841. The number of methoxy groups -OCH3 is 1.